The quantitative estimate of drug-likeness (QED) is 0.442. The topological polar surface area (TPSA) is 95.9 Å². The van der Waals surface area contributed by atoms with E-state index in [1.54, 1.807) is 34.9 Å². The number of aryl methyl sites for hydroxylation is 1. The van der Waals surface area contributed by atoms with Gasteiger partial charge in [-0.1, -0.05) is 50.8 Å². The summed E-state index contributed by atoms with van der Waals surface area (Å²) in [4.78, 5) is 16.4. The maximum absolute atomic E-state index is 13.4. The van der Waals surface area contributed by atoms with Crippen LogP contribution in [0.4, 0.5) is 5.13 Å². The third kappa shape index (κ3) is 4.61. The zero-order chi connectivity index (χ0) is 23.7. The van der Waals surface area contributed by atoms with Crippen LogP contribution in [0.1, 0.15) is 63.3 Å². The number of hydrogen-bond donors (Lipinski definition) is 1. The van der Waals surface area contributed by atoms with E-state index in [9.17, 15) is 10.1 Å². The molecular weight excluding hydrogens is 491 g/mol. The average molecular weight is 518 g/mol. The van der Waals surface area contributed by atoms with Crippen molar-refractivity contribution in [1.29, 1.82) is 5.26 Å². The average Bonchev–Trinajstić information content (AvgIpc) is 3.39. The second-order valence-corrected chi connectivity index (χ2v) is 13.5. The predicted molar refractivity (Wildman–Crippen MR) is 139 cm³/mol. The van der Waals surface area contributed by atoms with Crippen molar-refractivity contribution in [3.05, 3.63) is 39.2 Å². The maximum Gasteiger partial charge on any atom is 0.219 e. The highest BCUT2D eigenvalue weighted by Gasteiger charge is 2.42. The van der Waals surface area contributed by atoms with Crippen LogP contribution in [0.3, 0.4) is 0 Å². The van der Waals surface area contributed by atoms with Gasteiger partial charge >= 0.3 is 0 Å². The largest absolute Gasteiger partial charge is 0.384 e. The molecule has 2 N–H and O–H groups in total. The third-order valence-electron chi connectivity index (χ3n) is 5.55. The normalized spacial score (nSPS) is 18.8. The van der Waals surface area contributed by atoms with Gasteiger partial charge in [-0.25, -0.2) is 0 Å². The first-order valence-electron chi connectivity index (χ1n) is 11.1. The van der Waals surface area contributed by atoms with E-state index < -0.39 is 5.92 Å². The summed E-state index contributed by atoms with van der Waals surface area (Å²) in [5.74, 6) is 0.976. The molecule has 174 valence electrons. The number of ketones is 1. The molecule has 6 nitrogen and oxygen atoms in total. The van der Waals surface area contributed by atoms with Crippen LogP contribution >= 0.6 is 46.2 Å². The van der Waals surface area contributed by atoms with E-state index in [2.05, 4.69) is 50.0 Å². The molecule has 0 fully saturated rings. The highest BCUT2D eigenvalue weighted by molar-refractivity contribution is 8.01. The van der Waals surface area contributed by atoms with Crippen molar-refractivity contribution >= 4 is 57.1 Å². The Bertz CT molecular complexity index is 1170. The van der Waals surface area contributed by atoms with Gasteiger partial charge in [0, 0.05) is 27.8 Å². The number of nitriles is 1. The Morgan fingerprint density at radius 3 is 2.76 bits per heavy atom. The lowest BCUT2D eigenvalue weighted by molar-refractivity contribution is -0.116. The van der Waals surface area contributed by atoms with Crippen molar-refractivity contribution in [2.75, 3.05) is 10.7 Å². The molecule has 10 heteroatoms. The van der Waals surface area contributed by atoms with Gasteiger partial charge in [0.2, 0.25) is 5.13 Å². The van der Waals surface area contributed by atoms with Gasteiger partial charge in [-0.05, 0) is 36.6 Å². The zero-order valence-electron chi connectivity index (χ0n) is 19.2. The van der Waals surface area contributed by atoms with Crippen LogP contribution in [0, 0.1) is 11.3 Å². The minimum absolute atomic E-state index is 0.101. The molecule has 1 aliphatic carbocycles. The fourth-order valence-electron chi connectivity index (χ4n) is 4.22. The lowest BCUT2D eigenvalue weighted by Crippen LogP contribution is -2.38. The molecule has 0 radical (unpaired) electrons. The molecule has 1 aliphatic heterocycles. The van der Waals surface area contributed by atoms with E-state index in [0.717, 1.165) is 40.6 Å². The van der Waals surface area contributed by atoms with E-state index in [0.29, 0.717) is 33.8 Å². The fourth-order valence-corrected chi connectivity index (χ4v) is 8.70. The number of nitrogens with zero attached hydrogens (tertiary/aromatic N) is 4. The van der Waals surface area contributed by atoms with Crippen LogP contribution in [-0.4, -0.2) is 27.0 Å². The van der Waals surface area contributed by atoms with E-state index in [-0.39, 0.29) is 5.78 Å². The number of thiophene rings is 1. The van der Waals surface area contributed by atoms with E-state index >= 15 is 0 Å². The Morgan fingerprint density at radius 1 is 1.30 bits per heavy atom. The van der Waals surface area contributed by atoms with Crippen molar-refractivity contribution in [3.8, 4) is 6.07 Å². The molecule has 2 aliphatic rings. The van der Waals surface area contributed by atoms with E-state index in [1.807, 2.05) is 4.90 Å². The van der Waals surface area contributed by atoms with Gasteiger partial charge < -0.3 is 5.73 Å². The molecule has 2 aromatic rings. The Labute approximate surface area is 211 Å². The number of anilines is 1. The maximum atomic E-state index is 13.4. The van der Waals surface area contributed by atoms with Gasteiger partial charge in [-0.2, -0.15) is 5.26 Å². The van der Waals surface area contributed by atoms with Crippen LogP contribution in [-0.2, 0) is 11.2 Å². The molecule has 0 bridgehead atoms. The van der Waals surface area contributed by atoms with Gasteiger partial charge in [-0.15, -0.1) is 33.3 Å². The minimum atomic E-state index is -0.419. The first-order chi connectivity index (χ1) is 15.9. The standard InChI is InChI=1S/C23H27N5OS4/c1-5-13-10-14(21(32-13)30-6-2)18-15(11-24)20(25)28(16-8-7-9-17(29)19(16)18)22-26-27-23(33-22)31-12(3)4/h10,12,18H,5-9,25H2,1-4H3. The molecule has 0 saturated carbocycles. The molecule has 0 saturated heterocycles. The second-order valence-electron chi connectivity index (χ2n) is 8.08. The Kier molecular flexibility index (Phi) is 7.53. The zero-order valence-corrected chi connectivity index (χ0v) is 22.4. The van der Waals surface area contributed by atoms with Crippen LogP contribution in [0.5, 0.6) is 0 Å². The summed E-state index contributed by atoms with van der Waals surface area (Å²) >= 11 is 6.62. The number of nitrogens with two attached hydrogens (primary N) is 1. The van der Waals surface area contributed by atoms with E-state index in [4.69, 9.17) is 5.73 Å². The van der Waals surface area contributed by atoms with Crippen LogP contribution in [0.15, 0.2) is 37.3 Å². The molecule has 1 atom stereocenters. The Hall–Kier alpha value is -1.80. The highest BCUT2D eigenvalue weighted by atomic mass is 32.2. The van der Waals surface area contributed by atoms with Crippen LogP contribution < -0.4 is 10.6 Å². The Balaban J connectivity index is 1.90. The summed E-state index contributed by atoms with van der Waals surface area (Å²) in [5.41, 5.74) is 9.74. The summed E-state index contributed by atoms with van der Waals surface area (Å²) in [6, 6.07) is 4.53. The number of hydrogen-bond acceptors (Lipinski definition) is 10. The first-order valence-corrected chi connectivity index (χ1v) is 14.6. The summed E-state index contributed by atoms with van der Waals surface area (Å²) in [7, 11) is 0. The highest BCUT2D eigenvalue weighted by Crippen LogP contribution is 2.50. The van der Waals surface area contributed by atoms with Crippen molar-refractivity contribution in [2.45, 2.75) is 73.1 Å². The van der Waals surface area contributed by atoms with Gasteiger partial charge in [0.05, 0.1) is 21.8 Å². The van der Waals surface area contributed by atoms with Crippen LogP contribution in [0.2, 0.25) is 0 Å². The molecule has 33 heavy (non-hydrogen) atoms. The molecule has 0 amide bonds. The Morgan fingerprint density at radius 2 is 2.09 bits per heavy atom. The third-order valence-corrected chi connectivity index (χ3v) is 10.0. The second kappa shape index (κ2) is 10.2. The molecule has 0 spiro atoms. The summed E-state index contributed by atoms with van der Waals surface area (Å²) in [6.07, 6.45) is 2.91. The van der Waals surface area contributed by atoms with Crippen molar-refractivity contribution in [3.63, 3.8) is 0 Å². The van der Waals surface area contributed by atoms with Crippen LogP contribution in [0.25, 0.3) is 0 Å². The van der Waals surface area contributed by atoms with Gasteiger partial charge in [0.25, 0.3) is 0 Å². The molecular formula is C23H27N5OS4. The van der Waals surface area contributed by atoms with Crippen molar-refractivity contribution in [2.24, 2.45) is 5.73 Å². The first kappa shape index (κ1) is 24.3. The fraction of sp³-hybridized carbons (Fsp3) is 0.478. The number of aromatic nitrogens is 2. The number of rotatable bonds is 7. The summed E-state index contributed by atoms with van der Waals surface area (Å²) in [5, 5.41) is 20.0. The predicted octanol–water partition coefficient (Wildman–Crippen LogP) is 6.08. The molecule has 2 aromatic heterocycles. The molecule has 4 rings (SSSR count). The summed E-state index contributed by atoms with van der Waals surface area (Å²) < 4.78 is 2.02. The van der Waals surface area contributed by atoms with Crippen molar-refractivity contribution < 1.29 is 4.79 Å². The van der Waals surface area contributed by atoms with Gasteiger partial charge in [0.15, 0.2) is 10.1 Å². The molecule has 0 aromatic carbocycles. The minimum Gasteiger partial charge on any atom is -0.384 e. The lowest BCUT2D eigenvalue weighted by atomic mass is 9.76. The monoisotopic (exact) mass is 517 g/mol. The molecule has 1 unspecified atom stereocenters. The molecule has 3 heterocycles. The van der Waals surface area contributed by atoms with Crippen molar-refractivity contribution in [1.82, 2.24) is 10.2 Å². The number of carbonyl (C=O) groups excluding carboxylic acids is 1. The van der Waals surface area contributed by atoms with Gasteiger partial charge in [-0.3, -0.25) is 9.69 Å². The number of carbonyl (C=O) groups is 1. The lowest BCUT2D eigenvalue weighted by Gasteiger charge is -2.38. The SMILES string of the molecule is CCSc1sc(CC)cc1C1C(C#N)=C(N)N(c2nnc(SC(C)C)s2)C2=C1C(=O)CCC2. The number of thioether (sulfide) groups is 2. The smallest absolute Gasteiger partial charge is 0.219 e. The van der Waals surface area contributed by atoms with E-state index in [1.165, 1.54) is 20.4 Å². The number of allylic oxidation sites excluding steroid dienone is 3. The number of Topliss-reactive ketones (excluding diaryl/α,β-unsaturated/α-hetero) is 1. The van der Waals surface area contributed by atoms with Gasteiger partial charge in [0.1, 0.15) is 5.82 Å². The summed E-state index contributed by atoms with van der Waals surface area (Å²) in [6.45, 7) is 8.47.